The van der Waals surface area contributed by atoms with Crippen LogP contribution >= 0.6 is 0 Å². The van der Waals surface area contributed by atoms with Gasteiger partial charge < -0.3 is 16.3 Å². The van der Waals surface area contributed by atoms with Crippen LogP contribution in [0.15, 0.2) is 5.16 Å². The zero-order chi connectivity index (χ0) is 13.9. The number of amidine groups is 1. The van der Waals surface area contributed by atoms with E-state index >= 15 is 0 Å². The van der Waals surface area contributed by atoms with Gasteiger partial charge in [0.1, 0.15) is 5.41 Å². The Morgan fingerprint density at radius 1 is 1.53 bits per heavy atom. The molecule has 0 radical (unpaired) electrons. The Bertz CT molecular complexity index is 362. The summed E-state index contributed by atoms with van der Waals surface area (Å²) in [7, 11) is 0. The maximum atomic E-state index is 12.2. The fraction of sp³-hybridized carbons (Fsp3) is 0.846. The molecule has 0 aromatic heterocycles. The molecule has 2 fully saturated rings. The minimum absolute atomic E-state index is 0.0470. The highest BCUT2D eigenvalue weighted by atomic mass is 16.4. The summed E-state index contributed by atoms with van der Waals surface area (Å²) in [5.41, 5.74) is 4.90. The standard InChI is InChI=1S/C13H24N4O2/c1-2-17(10-4-5-10)9-8-15-12(18)13(6-3-7-13)11(14)16-19/h10,19H,2-9H2,1H3,(H2,14,16)(H,15,18). The molecule has 4 N–H and O–H groups in total. The van der Waals surface area contributed by atoms with Crippen molar-refractivity contribution in [2.75, 3.05) is 19.6 Å². The molecule has 0 aromatic carbocycles. The molecule has 0 spiro atoms. The summed E-state index contributed by atoms with van der Waals surface area (Å²) in [5, 5.41) is 14.8. The van der Waals surface area contributed by atoms with Crippen LogP contribution in [0.1, 0.15) is 39.0 Å². The van der Waals surface area contributed by atoms with Gasteiger partial charge in [0.25, 0.3) is 0 Å². The van der Waals surface area contributed by atoms with E-state index in [0.29, 0.717) is 25.4 Å². The number of hydrogen-bond acceptors (Lipinski definition) is 4. The smallest absolute Gasteiger partial charge is 0.233 e. The molecule has 108 valence electrons. The molecule has 2 rings (SSSR count). The zero-order valence-corrected chi connectivity index (χ0v) is 11.6. The lowest BCUT2D eigenvalue weighted by Crippen LogP contribution is -2.54. The molecule has 0 heterocycles. The molecule has 6 nitrogen and oxygen atoms in total. The van der Waals surface area contributed by atoms with Gasteiger partial charge in [-0.25, -0.2) is 0 Å². The summed E-state index contributed by atoms with van der Waals surface area (Å²) in [6.45, 7) is 4.67. The van der Waals surface area contributed by atoms with Crippen molar-refractivity contribution < 1.29 is 10.0 Å². The molecule has 2 aliphatic carbocycles. The summed E-state index contributed by atoms with van der Waals surface area (Å²) in [6.07, 6.45) is 4.85. The molecule has 0 atom stereocenters. The normalized spacial score (nSPS) is 22.1. The highest BCUT2D eigenvalue weighted by Gasteiger charge is 2.48. The van der Waals surface area contributed by atoms with Gasteiger partial charge in [-0.3, -0.25) is 9.69 Å². The van der Waals surface area contributed by atoms with E-state index in [9.17, 15) is 4.79 Å². The van der Waals surface area contributed by atoms with Crippen LogP contribution in [0.2, 0.25) is 0 Å². The van der Waals surface area contributed by atoms with Gasteiger partial charge in [0.15, 0.2) is 5.84 Å². The van der Waals surface area contributed by atoms with E-state index in [1.807, 2.05) is 0 Å². The van der Waals surface area contributed by atoms with Gasteiger partial charge >= 0.3 is 0 Å². The second kappa shape index (κ2) is 5.77. The number of likely N-dealkylation sites (N-methyl/N-ethyl adjacent to an activating group) is 1. The first-order valence-corrected chi connectivity index (χ1v) is 7.14. The molecule has 1 amide bonds. The molecule has 0 unspecified atom stereocenters. The molecular weight excluding hydrogens is 244 g/mol. The van der Waals surface area contributed by atoms with Gasteiger partial charge in [-0.2, -0.15) is 0 Å². The van der Waals surface area contributed by atoms with Gasteiger partial charge in [-0.1, -0.05) is 18.5 Å². The lowest BCUT2D eigenvalue weighted by atomic mass is 9.67. The zero-order valence-electron chi connectivity index (χ0n) is 11.6. The first kappa shape index (κ1) is 14.1. The number of rotatable bonds is 7. The first-order chi connectivity index (χ1) is 9.14. The van der Waals surface area contributed by atoms with Crippen molar-refractivity contribution in [3.05, 3.63) is 0 Å². The third-order valence-electron chi connectivity index (χ3n) is 4.39. The average molecular weight is 268 g/mol. The monoisotopic (exact) mass is 268 g/mol. The Morgan fingerprint density at radius 2 is 2.21 bits per heavy atom. The van der Waals surface area contributed by atoms with E-state index in [4.69, 9.17) is 10.9 Å². The second-order valence-corrected chi connectivity index (χ2v) is 5.54. The van der Waals surface area contributed by atoms with Crippen LogP contribution in [0.4, 0.5) is 0 Å². The second-order valence-electron chi connectivity index (χ2n) is 5.54. The number of nitrogens with zero attached hydrogens (tertiary/aromatic N) is 2. The topological polar surface area (TPSA) is 91.0 Å². The summed E-state index contributed by atoms with van der Waals surface area (Å²) >= 11 is 0. The largest absolute Gasteiger partial charge is 0.409 e. The summed E-state index contributed by atoms with van der Waals surface area (Å²) in [5.74, 6) is -0.0494. The number of oxime groups is 1. The van der Waals surface area contributed by atoms with Crippen molar-refractivity contribution >= 4 is 11.7 Å². The molecule has 2 saturated carbocycles. The first-order valence-electron chi connectivity index (χ1n) is 7.14. The number of hydrogen-bond donors (Lipinski definition) is 3. The SMILES string of the molecule is CCN(CCNC(=O)C1(C(N)=NO)CCC1)C1CC1. The molecule has 6 heteroatoms. The Balaban J connectivity index is 1.80. The van der Waals surface area contributed by atoms with E-state index in [-0.39, 0.29) is 11.7 Å². The van der Waals surface area contributed by atoms with Gasteiger partial charge in [0.05, 0.1) is 0 Å². The summed E-state index contributed by atoms with van der Waals surface area (Å²) < 4.78 is 0. The van der Waals surface area contributed by atoms with Crippen LogP contribution in [0.5, 0.6) is 0 Å². The third-order valence-corrected chi connectivity index (χ3v) is 4.39. The quantitative estimate of drug-likeness (QED) is 0.271. The van der Waals surface area contributed by atoms with Crippen LogP contribution in [0, 0.1) is 5.41 Å². The van der Waals surface area contributed by atoms with Gasteiger partial charge in [-0.05, 0) is 32.2 Å². The van der Waals surface area contributed by atoms with E-state index in [1.54, 1.807) is 0 Å². The summed E-state index contributed by atoms with van der Waals surface area (Å²) in [6, 6.07) is 0.712. The maximum absolute atomic E-state index is 12.2. The highest BCUT2D eigenvalue weighted by Crippen LogP contribution is 2.41. The lowest BCUT2D eigenvalue weighted by molar-refractivity contribution is -0.131. The molecule has 0 saturated heterocycles. The average Bonchev–Trinajstić information content (AvgIpc) is 3.17. The van der Waals surface area contributed by atoms with Crippen LogP contribution < -0.4 is 11.1 Å². The van der Waals surface area contributed by atoms with Crippen molar-refractivity contribution in [2.45, 2.75) is 45.1 Å². The Morgan fingerprint density at radius 3 is 2.63 bits per heavy atom. The Labute approximate surface area is 114 Å². The van der Waals surface area contributed by atoms with Crippen molar-refractivity contribution in [1.82, 2.24) is 10.2 Å². The van der Waals surface area contributed by atoms with Gasteiger partial charge in [0, 0.05) is 19.1 Å². The fourth-order valence-corrected chi connectivity index (χ4v) is 2.75. The minimum Gasteiger partial charge on any atom is -0.409 e. The summed E-state index contributed by atoms with van der Waals surface area (Å²) in [4.78, 5) is 14.6. The third kappa shape index (κ3) is 2.83. The van der Waals surface area contributed by atoms with Gasteiger partial charge in [0.2, 0.25) is 5.91 Å². The predicted octanol–water partition coefficient (Wildman–Crippen LogP) is 0.504. The van der Waals surface area contributed by atoms with Crippen molar-refractivity contribution in [3.8, 4) is 0 Å². The number of nitrogens with one attached hydrogen (secondary N) is 1. The van der Waals surface area contributed by atoms with Crippen molar-refractivity contribution in [3.63, 3.8) is 0 Å². The molecule has 19 heavy (non-hydrogen) atoms. The molecule has 0 bridgehead atoms. The molecular formula is C13H24N4O2. The van der Waals surface area contributed by atoms with Crippen LogP contribution in [-0.2, 0) is 4.79 Å². The predicted molar refractivity (Wildman–Crippen MR) is 73.0 cm³/mol. The fourth-order valence-electron chi connectivity index (χ4n) is 2.75. The Hall–Kier alpha value is -1.30. The van der Waals surface area contributed by atoms with E-state index in [2.05, 4.69) is 22.3 Å². The van der Waals surface area contributed by atoms with Crippen LogP contribution in [0.3, 0.4) is 0 Å². The highest BCUT2D eigenvalue weighted by molar-refractivity contribution is 6.07. The number of nitrogens with two attached hydrogens (primary N) is 1. The number of carbonyl (C=O) groups excluding carboxylic acids is 1. The van der Waals surface area contributed by atoms with Crippen LogP contribution in [-0.4, -0.2) is 47.5 Å². The molecule has 0 aromatic rings. The lowest BCUT2D eigenvalue weighted by Gasteiger charge is -2.38. The van der Waals surface area contributed by atoms with Crippen molar-refractivity contribution in [2.24, 2.45) is 16.3 Å². The maximum Gasteiger partial charge on any atom is 0.233 e. The van der Waals surface area contributed by atoms with Gasteiger partial charge in [-0.15, -0.1) is 0 Å². The Kier molecular flexibility index (Phi) is 4.29. The van der Waals surface area contributed by atoms with Crippen LogP contribution in [0.25, 0.3) is 0 Å². The van der Waals surface area contributed by atoms with Crippen molar-refractivity contribution in [1.29, 1.82) is 0 Å². The van der Waals surface area contributed by atoms with E-state index in [0.717, 1.165) is 19.5 Å². The molecule has 0 aliphatic heterocycles. The minimum atomic E-state index is -0.759. The number of carbonyl (C=O) groups is 1. The number of amides is 1. The van der Waals surface area contributed by atoms with E-state index < -0.39 is 5.41 Å². The van der Waals surface area contributed by atoms with E-state index in [1.165, 1.54) is 12.8 Å². The molecule has 2 aliphatic rings.